The lowest BCUT2D eigenvalue weighted by atomic mass is 10.1. The first-order valence-electron chi connectivity index (χ1n) is 9.81. The fourth-order valence-corrected chi connectivity index (χ4v) is 3.58. The molecule has 1 amide bonds. The molecular weight excluding hydrogens is 330 g/mol. The second-order valence-corrected chi connectivity index (χ2v) is 7.69. The smallest absolute Gasteiger partial charge is 0.308 e. The Hall–Kier alpha value is -2.04. The number of hydrogen-bond acceptors (Lipinski definition) is 3. The van der Waals surface area contributed by atoms with Crippen molar-refractivity contribution in [3.8, 4) is 5.75 Å². The lowest BCUT2D eigenvalue weighted by molar-refractivity contribution is -0.143. The maximum atomic E-state index is 12.6. The highest BCUT2D eigenvalue weighted by Gasteiger charge is 2.34. The molecule has 26 heavy (non-hydrogen) atoms. The van der Waals surface area contributed by atoms with E-state index in [-0.39, 0.29) is 11.9 Å². The Morgan fingerprint density at radius 3 is 2.62 bits per heavy atom. The minimum absolute atomic E-state index is 0.0581. The molecule has 2 fully saturated rings. The average molecular weight is 359 g/mol. The van der Waals surface area contributed by atoms with E-state index in [4.69, 9.17) is 9.84 Å². The van der Waals surface area contributed by atoms with Crippen molar-refractivity contribution in [2.75, 3.05) is 6.54 Å². The molecule has 142 valence electrons. The molecular formula is C21H29NO4. The molecule has 1 N–H and O–H groups in total. The third-order valence-electron chi connectivity index (χ3n) is 5.33. The molecule has 0 aromatic heterocycles. The van der Waals surface area contributed by atoms with Crippen molar-refractivity contribution in [2.24, 2.45) is 5.92 Å². The van der Waals surface area contributed by atoms with Gasteiger partial charge >= 0.3 is 5.97 Å². The molecule has 1 atom stereocenters. The maximum Gasteiger partial charge on any atom is 0.308 e. The fourth-order valence-electron chi connectivity index (χ4n) is 3.58. The van der Waals surface area contributed by atoms with Crippen molar-refractivity contribution in [2.45, 2.75) is 70.4 Å². The van der Waals surface area contributed by atoms with Crippen LogP contribution in [0.4, 0.5) is 0 Å². The number of rotatable bonds is 9. The number of ether oxygens (including phenoxy) is 1. The van der Waals surface area contributed by atoms with Crippen molar-refractivity contribution in [3.63, 3.8) is 0 Å². The van der Waals surface area contributed by atoms with E-state index in [1.807, 2.05) is 24.3 Å². The van der Waals surface area contributed by atoms with Crippen LogP contribution in [0.1, 0.15) is 57.4 Å². The van der Waals surface area contributed by atoms with Gasteiger partial charge in [-0.3, -0.25) is 9.59 Å². The fraction of sp³-hybridized carbons (Fsp3) is 0.619. The van der Waals surface area contributed by atoms with Crippen LogP contribution in [-0.2, 0) is 16.0 Å². The van der Waals surface area contributed by atoms with E-state index in [2.05, 4.69) is 0 Å². The highest BCUT2D eigenvalue weighted by atomic mass is 16.5. The summed E-state index contributed by atoms with van der Waals surface area (Å²) >= 11 is 0. The first kappa shape index (κ1) is 18.7. The minimum Gasteiger partial charge on any atom is -0.490 e. The Labute approximate surface area is 155 Å². The number of hydrogen-bond donors (Lipinski definition) is 1. The Balaban J connectivity index is 1.53. The van der Waals surface area contributed by atoms with Gasteiger partial charge in [0.1, 0.15) is 5.75 Å². The van der Waals surface area contributed by atoms with Gasteiger partial charge in [0.25, 0.3) is 0 Å². The van der Waals surface area contributed by atoms with Crippen LogP contribution in [0.15, 0.2) is 24.3 Å². The number of carboxylic acids is 1. The van der Waals surface area contributed by atoms with Crippen LogP contribution < -0.4 is 4.74 Å². The quantitative estimate of drug-likeness (QED) is 0.731. The number of amides is 1. The lowest BCUT2D eigenvalue weighted by Crippen LogP contribution is -2.38. The van der Waals surface area contributed by atoms with Crippen molar-refractivity contribution in [1.29, 1.82) is 0 Å². The second kappa shape index (κ2) is 8.56. The number of aryl methyl sites for hydroxylation is 1. The zero-order chi connectivity index (χ0) is 18.5. The molecule has 3 rings (SSSR count). The molecule has 1 aromatic rings. The van der Waals surface area contributed by atoms with Crippen molar-refractivity contribution < 1.29 is 19.4 Å². The van der Waals surface area contributed by atoms with Gasteiger partial charge in [-0.2, -0.15) is 0 Å². The Morgan fingerprint density at radius 1 is 1.23 bits per heavy atom. The molecule has 0 bridgehead atoms. The van der Waals surface area contributed by atoms with Crippen LogP contribution in [-0.4, -0.2) is 40.6 Å². The van der Waals surface area contributed by atoms with Gasteiger partial charge in [-0.1, -0.05) is 19.1 Å². The van der Waals surface area contributed by atoms with Crippen molar-refractivity contribution in [1.82, 2.24) is 4.90 Å². The highest BCUT2D eigenvalue weighted by Crippen LogP contribution is 2.29. The highest BCUT2D eigenvalue weighted by molar-refractivity contribution is 5.78. The zero-order valence-corrected chi connectivity index (χ0v) is 15.5. The van der Waals surface area contributed by atoms with Crippen LogP contribution in [0.3, 0.4) is 0 Å². The predicted molar refractivity (Wildman–Crippen MR) is 99.2 cm³/mol. The van der Waals surface area contributed by atoms with Gasteiger partial charge in [-0.25, -0.2) is 0 Å². The minimum atomic E-state index is -0.847. The largest absolute Gasteiger partial charge is 0.490 e. The summed E-state index contributed by atoms with van der Waals surface area (Å²) in [5, 5.41) is 9.12. The van der Waals surface area contributed by atoms with Gasteiger partial charge < -0.3 is 14.7 Å². The molecule has 1 unspecified atom stereocenters. The number of carbonyl (C=O) groups excluding carboxylic acids is 1. The molecule has 0 aliphatic heterocycles. The Kier molecular flexibility index (Phi) is 6.17. The van der Waals surface area contributed by atoms with Gasteiger partial charge in [0.05, 0.1) is 12.0 Å². The summed E-state index contributed by atoms with van der Waals surface area (Å²) in [6.45, 7) is 1.97. The molecule has 5 heteroatoms. The van der Waals surface area contributed by atoms with Crippen LogP contribution in [0.25, 0.3) is 0 Å². The number of nitrogens with zero attached hydrogens (tertiary/aromatic N) is 1. The van der Waals surface area contributed by atoms with E-state index < -0.39 is 11.9 Å². The molecule has 0 heterocycles. The van der Waals surface area contributed by atoms with Crippen LogP contribution >= 0.6 is 0 Å². The molecule has 5 nitrogen and oxygen atoms in total. The van der Waals surface area contributed by atoms with Gasteiger partial charge in [-0.05, 0) is 62.6 Å². The van der Waals surface area contributed by atoms with E-state index in [0.29, 0.717) is 25.5 Å². The average Bonchev–Trinajstić information content (AvgIpc) is 3.34. The predicted octanol–water partition coefficient (Wildman–Crippen LogP) is 3.65. The van der Waals surface area contributed by atoms with Crippen LogP contribution in [0.5, 0.6) is 5.75 Å². The summed E-state index contributed by atoms with van der Waals surface area (Å²) in [7, 11) is 0. The summed E-state index contributed by atoms with van der Waals surface area (Å²) in [6, 6.07) is 8.26. The summed E-state index contributed by atoms with van der Waals surface area (Å²) < 4.78 is 6.04. The van der Waals surface area contributed by atoms with E-state index in [0.717, 1.165) is 37.0 Å². The first-order chi connectivity index (χ1) is 12.5. The van der Waals surface area contributed by atoms with Crippen LogP contribution in [0, 0.1) is 5.92 Å². The number of aliphatic carboxylic acids is 1. The van der Waals surface area contributed by atoms with E-state index in [9.17, 15) is 9.59 Å². The molecule has 2 aliphatic rings. The monoisotopic (exact) mass is 359 g/mol. The van der Waals surface area contributed by atoms with E-state index in [1.165, 1.54) is 12.8 Å². The normalized spacial score (nSPS) is 18.5. The third-order valence-corrected chi connectivity index (χ3v) is 5.33. The SMILES string of the molecule is CC(CN(C(=O)CCc1cccc(OC2CCCC2)c1)C1CC1)C(=O)O. The van der Waals surface area contributed by atoms with E-state index in [1.54, 1.807) is 11.8 Å². The van der Waals surface area contributed by atoms with Crippen molar-refractivity contribution >= 4 is 11.9 Å². The summed E-state index contributed by atoms with van der Waals surface area (Å²) in [6.07, 6.45) is 8.11. The van der Waals surface area contributed by atoms with E-state index >= 15 is 0 Å². The molecule has 0 saturated heterocycles. The standard InChI is InChI=1S/C21H29NO4/c1-15(21(24)25)14-22(17-10-11-17)20(23)12-9-16-5-4-8-19(13-16)26-18-6-2-3-7-18/h4-5,8,13,15,17-18H,2-3,6-7,9-12,14H2,1H3,(H,24,25). The Morgan fingerprint density at radius 2 is 1.96 bits per heavy atom. The third kappa shape index (κ3) is 5.23. The summed E-state index contributed by atoms with van der Waals surface area (Å²) in [5.41, 5.74) is 1.09. The van der Waals surface area contributed by atoms with Gasteiger partial charge in [-0.15, -0.1) is 0 Å². The molecule has 2 aliphatic carbocycles. The van der Waals surface area contributed by atoms with Gasteiger partial charge in [0, 0.05) is 19.0 Å². The topological polar surface area (TPSA) is 66.8 Å². The zero-order valence-electron chi connectivity index (χ0n) is 15.5. The molecule has 0 spiro atoms. The number of carbonyl (C=O) groups is 2. The van der Waals surface area contributed by atoms with Crippen LogP contribution in [0.2, 0.25) is 0 Å². The summed E-state index contributed by atoms with van der Waals surface area (Å²) in [5.74, 6) is -0.425. The molecule has 1 aromatic carbocycles. The maximum absolute atomic E-state index is 12.6. The summed E-state index contributed by atoms with van der Waals surface area (Å²) in [4.78, 5) is 25.5. The van der Waals surface area contributed by atoms with Gasteiger partial charge in [0.2, 0.25) is 5.91 Å². The first-order valence-corrected chi connectivity index (χ1v) is 9.81. The number of benzene rings is 1. The molecule has 0 radical (unpaired) electrons. The van der Waals surface area contributed by atoms with Crippen molar-refractivity contribution in [3.05, 3.63) is 29.8 Å². The Bertz CT molecular complexity index is 635. The van der Waals surface area contributed by atoms with Gasteiger partial charge in [0.15, 0.2) is 0 Å². The number of carboxylic acid groups (broad SMARTS) is 1. The molecule has 2 saturated carbocycles. The lowest BCUT2D eigenvalue weighted by Gasteiger charge is -2.24. The second-order valence-electron chi connectivity index (χ2n) is 7.69.